The van der Waals surface area contributed by atoms with Crippen molar-refractivity contribution >= 4 is 46.5 Å². The Kier molecular flexibility index (Phi) is 8.37. The molecule has 1 aliphatic rings. The Morgan fingerprint density at radius 2 is 1.82 bits per heavy atom. The van der Waals surface area contributed by atoms with E-state index in [1.165, 1.54) is 29.2 Å². The molecule has 1 amide bonds. The molecule has 1 saturated heterocycles. The average Bonchev–Trinajstić information content (AvgIpc) is 3.43. The molecule has 5 rings (SSSR count). The Hall–Kier alpha value is -3.50. The summed E-state index contributed by atoms with van der Waals surface area (Å²) in [5, 5.41) is 6.59. The second kappa shape index (κ2) is 11.9. The second-order valence-electron chi connectivity index (χ2n) is 9.49. The van der Waals surface area contributed by atoms with Gasteiger partial charge in [-0.2, -0.15) is 0 Å². The quantitative estimate of drug-likeness (QED) is 0.303. The number of thiazole rings is 1. The minimum absolute atomic E-state index is 0.174. The van der Waals surface area contributed by atoms with Crippen molar-refractivity contribution in [3.63, 3.8) is 0 Å². The normalized spacial score (nSPS) is 13.3. The van der Waals surface area contributed by atoms with Gasteiger partial charge in [0.15, 0.2) is 0 Å². The van der Waals surface area contributed by atoms with Crippen LogP contribution in [0.4, 0.5) is 0 Å². The highest BCUT2D eigenvalue weighted by Crippen LogP contribution is 2.32. The zero-order chi connectivity index (χ0) is 28.4. The third kappa shape index (κ3) is 5.69. The second-order valence-corrected chi connectivity index (χ2v) is 11.2. The van der Waals surface area contributed by atoms with Gasteiger partial charge in [-0.05, 0) is 44.2 Å². The van der Waals surface area contributed by atoms with Crippen molar-refractivity contribution in [1.29, 1.82) is 0 Å². The molecule has 0 spiro atoms. The number of pyridine rings is 2. The molecular formula is C29H27Cl2N5O3S. The van der Waals surface area contributed by atoms with E-state index in [1.807, 2.05) is 37.4 Å². The third-order valence-electron chi connectivity index (χ3n) is 6.41. The van der Waals surface area contributed by atoms with Gasteiger partial charge in [0.1, 0.15) is 10.7 Å². The maximum absolute atomic E-state index is 14.3. The maximum atomic E-state index is 14.3. The number of ether oxygens (including phenoxy) is 1. The minimum Gasteiger partial charge on any atom is -0.479 e. The zero-order valence-corrected chi connectivity index (χ0v) is 24.5. The molecule has 1 N–H and O–H groups in total. The van der Waals surface area contributed by atoms with Gasteiger partial charge in [-0.25, -0.2) is 9.97 Å². The van der Waals surface area contributed by atoms with Crippen LogP contribution in [0.3, 0.4) is 0 Å². The first-order chi connectivity index (χ1) is 19.3. The number of rotatable bonds is 6. The van der Waals surface area contributed by atoms with Gasteiger partial charge in [-0.15, -0.1) is 11.3 Å². The van der Waals surface area contributed by atoms with Gasteiger partial charge < -0.3 is 15.0 Å². The van der Waals surface area contributed by atoms with E-state index in [4.69, 9.17) is 32.9 Å². The molecule has 0 saturated carbocycles. The number of methoxy groups -OCH3 is 1. The van der Waals surface area contributed by atoms with Crippen LogP contribution in [-0.4, -0.2) is 58.6 Å². The van der Waals surface area contributed by atoms with Crippen LogP contribution in [0.1, 0.15) is 29.9 Å². The summed E-state index contributed by atoms with van der Waals surface area (Å²) in [6.07, 6.45) is 3.27. The fourth-order valence-corrected chi connectivity index (χ4v) is 5.65. The van der Waals surface area contributed by atoms with Crippen molar-refractivity contribution in [2.45, 2.75) is 13.8 Å². The maximum Gasteiger partial charge on any atom is 0.266 e. The summed E-state index contributed by atoms with van der Waals surface area (Å²) in [6.45, 7) is 6.32. The predicted molar refractivity (Wildman–Crippen MR) is 161 cm³/mol. The fraction of sp³-hybridized carbons (Fsp3) is 0.241. The molecule has 4 aromatic rings. The van der Waals surface area contributed by atoms with Crippen molar-refractivity contribution in [3.05, 3.63) is 85.2 Å². The monoisotopic (exact) mass is 595 g/mol. The van der Waals surface area contributed by atoms with Crippen molar-refractivity contribution in [2.75, 3.05) is 33.3 Å². The van der Waals surface area contributed by atoms with Gasteiger partial charge in [0.25, 0.3) is 11.5 Å². The fourth-order valence-electron chi connectivity index (χ4n) is 4.53. The number of hydrogen-bond acceptors (Lipinski definition) is 7. The van der Waals surface area contributed by atoms with Crippen LogP contribution < -0.4 is 15.6 Å². The summed E-state index contributed by atoms with van der Waals surface area (Å²) < 4.78 is 6.98. The molecule has 0 atom stereocenters. The van der Waals surface area contributed by atoms with E-state index in [-0.39, 0.29) is 22.9 Å². The van der Waals surface area contributed by atoms with Crippen LogP contribution in [-0.2, 0) is 0 Å². The summed E-state index contributed by atoms with van der Waals surface area (Å²) in [5.74, 6) is 0.0288. The summed E-state index contributed by atoms with van der Waals surface area (Å²) in [7, 11) is 1.47. The summed E-state index contributed by atoms with van der Waals surface area (Å²) >= 11 is 13.7. The zero-order valence-electron chi connectivity index (χ0n) is 22.2. The van der Waals surface area contributed by atoms with Crippen LogP contribution in [0.25, 0.3) is 33.6 Å². The Morgan fingerprint density at radius 3 is 2.50 bits per heavy atom. The number of carbonyl (C=O) groups excluding carboxylic acids is 1. The van der Waals surface area contributed by atoms with Gasteiger partial charge in [0, 0.05) is 48.3 Å². The first kappa shape index (κ1) is 28.0. The predicted octanol–water partition coefficient (Wildman–Crippen LogP) is 5.81. The number of benzene rings is 1. The third-order valence-corrected chi connectivity index (χ3v) is 7.74. The van der Waals surface area contributed by atoms with E-state index in [9.17, 15) is 9.59 Å². The number of nitrogens with zero attached hydrogens (tertiary/aromatic N) is 4. The molecule has 0 aliphatic carbocycles. The largest absolute Gasteiger partial charge is 0.479 e. The van der Waals surface area contributed by atoms with Crippen LogP contribution >= 0.6 is 34.5 Å². The molecule has 0 bridgehead atoms. The lowest BCUT2D eigenvalue weighted by molar-refractivity contribution is 0.0735. The summed E-state index contributed by atoms with van der Waals surface area (Å²) in [4.78, 5) is 39.2. The first-order valence-electron chi connectivity index (χ1n) is 12.6. The number of halogens is 2. The molecule has 1 aliphatic heterocycles. The van der Waals surface area contributed by atoms with Crippen LogP contribution in [0.5, 0.6) is 5.88 Å². The van der Waals surface area contributed by atoms with Crippen molar-refractivity contribution < 1.29 is 9.53 Å². The number of nitrogens with one attached hydrogen (secondary N) is 1. The van der Waals surface area contributed by atoms with E-state index in [0.717, 1.165) is 11.1 Å². The SMILES string of the molecule is COc1ncc(Cl)cc1-n1c(C=C(C)C)c(C(=O)N2CCNCC2)cc(-c2nc(-c3ccc(Cl)cc3)cs2)c1=O. The molecule has 4 heterocycles. The Bertz CT molecular complexity index is 1650. The number of amides is 1. The molecule has 11 heteroatoms. The molecule has 0 unspecified atom stereocenters. The molecule has 40 heavy (non-hydrogen) atoms. The highest BCUT2D eigenvalue weighted by atomic mass is 35.5. The lowest BCUT2D eigenvalue weighted by Gasteiger charge is -2.29. The van der Waals surface area contributed by atoms with Crippen molar-refractivity contribution in [2.24, 2.45) is 0 Å². The molecule has 1 fully saturated rings. The molecule has 206 valence electrons. The number of carbonyl (C=O) groups is 1. The van der Waals surface area contributed by atoms with Crippen molar-refractivity contribution in [3.8, 4) is 33.4 Å². The first-order valence-corrected chi connectivity index (χ1v) is 14.3. The molecular weight excluding hydrogens is 569 g/mol. The van der Waals surface area contributed by atoms with Crippen LogP contribution in [0.15, 0.2) is 58.3 Å². The molecule has 3 aromatic heterocycles. The minimum atomic E-state index is -0.372. The van der Waals surface area contributed by atoms with Crippen LogP contribution in [0, 0.1) is 0 Å². The topological polar surface area (TPSA) is 89.3 Å². The Balaban J connectivity index is 1.79. The number of hydrogen-bond donors (Lipinski definition) is 1. The van der Waals surface area contributed by atoms with E-state index >= 15 is 0 Å². The Labute approximate surface area is 245 Å². The van der Waals surface area contributed by atoms with Crippen molar-refractivity contribution in [1.82, 2.24) is 24.8 Å². The van der Waals surface area contributed by atoms with E-state index in [1.54, 1.807) is 29.2 Å². The number of allylic oxidation sites excluding steroid dienone is 1. The van der Waals surface area contributed by atoms with E-state index in [0.29, 0.717) is 63.9 Å². The van der Waals surface area contributed by atoms with E-state index < -0.39 is 0 Å². The number of piperazine rings is 1. The highest BCUT2D eigenvalue weighted by molar-refractivity contribution is 7.13. The van der Waals surface area contributed by atoms with E-state index in [2.05, 4.69) is 10.3 Å². The Morgan fingerprint density at radius 1 is 1.10 bits per heavy atom. The van der Waals surface area contributed by atoms with Gasteiger partial charge in [-0.3, -0.25) is 14.2 Å². The summed E-state index contributed by atoms with van der Waals surface area (Å²) in [5.41, 5.74) is 3.53. The van der Waals surface area contributed by atoms with Gasteiger partial charge in [0.05, 0.1) is 34.6 Å². The highest BCUT2D eigenvalue weighted by Gasteiger charge is 2.27. The lowest BCUT2D eigenvalue weighted by Crippen LogP contribution is -2.47. The smallest absolute Gasteiger partial charge is 0.266 e. The molecule has 8 nitrogen and oxygen atoms in total. The number of aromatic nitrogens is 3. The molecule has 0 radical (unpaired) electrons. The van der Waals surface area contributed by atoms with Gasteiger partial charge >= 0.3 is 0 Å². The van der Waals surface area contributed by atoms with Gasteiger partial charge in [0.2, 0.25) is 5.88 Å². The lowest BCUT2D eigenvalue weighted by atomic mass is 10.0. The van der Waals surface area contributed by atoms with Gasteiger partial charge in [-0.1, -0.05) is 40.9 Å². The standard InChI is InChI=1S/C29H27Cl2N5O3S/c1-17(2)12-24-21(28(37)35-10-8-32-9-11-35)14-22(27-34-23(16-40-27)18-4-6-19(30)7-5-18)29(38)36(24)25-13-20(31)15-33-26(25)39-3/h4-7,12-16,32H,8-11H2,1-3H3. The molecule has 1 aromatic carbocycles. The summed E-state index contributed by atoms with van der Waals surface area (Å²) in [6, 6.07) is 10.6. The van der Waals surface area contributed by atoms with Crippen LogP contribution in [0.2, 0.25) is 10.0 Å². The average molecular weight is 597 g/mol.